The third-order valence-corrected chi connectivity index (χ3v) is 6.81. The molecule has 3 heterocycles. The molecular formula is C16H29N3O4S. The van der Waals surface area contributed by atoms with Crippen LogP contribution in [0.2, 0.25) is 0 Å². The lowest BCUT2D eigenvalue weighted by molar-refractivity contribution is -0.144. The molecule has 24 heavy (non-hydrogen) atoms. The second kappa shape index (κ2) is 6.55. The lowest BCUT2D eigenvalue weighted by atomic mass is 9.93. The lowest BCUT2D eigenvalue weighted by Crippen LogP contribution is -2.70. The molecule has 0 N–H and O–H groups in total. The molecule has 3 fully saturated rings. The molecule has 7 nitrogen and oxygen atoms in total. The van der Waals surface area contributed by atoms with Crippen molar-refractivity contribution in [3.8, 4) is 0 Å². The van der Waals surface area contributed by atoms with E-state index in [9.17, 15) is 13.2 Å². The summed E-state index contributed by atoms with van der Waals surface area (Å²) >= 11 is 0. The second-order valence-corrected chi connectivity index (χ2v) is 9.87. The van der Waals surface area contributed by atoms with Gasteiger partial charge in [-0.3, -0.25) is 9.69 Å². The van der Waals surface area contributed by atoms with Crippen LogP contribution in [-0.4, -0.2) is 92.2 Å². The zero-order chi connectivity index (χ0) is 17.5. The summed E-state index contributed by atoms with van der Waals surface area (Å²) in [6.45, 7) is 8.64. The zero-order valence-corrected chi connectivity index (χ0v) is 15.7. The molecule has 1 atom stereocenters. The largest absolute Gasteiger partial charge is 0.381 e. The van der Waals surface area contributed by atoms with Gasteiger partial charge in [-0.15, -0.1) is 0 Å². The third kappa shape index (κ3) is 3.61. The van der Waals surface area contributed by atoms with Crippen molar-refractivity contribution in [3.05, 3.63) is 0 Å². The minimum absolute atomic E-state index is 0.0629. The minimum Gasteiger partial charge on any atom is -0.381 e. The molecule has 3 saturated heterocycles. The summed E-state index contributed by atoms with van der Waals surface area (Å²) in [4.78, 5) is 17.1. The summed E-state index contributed by atoms with van der Waals surface area (Å²) in [7, 11) is -3.22. The number of hydrogen-bond acceptors (Lipinski definition) is 5. The first kappa shape index (κ1) is 18.1. The Morgan fingerprint density at radius 1 is 1.12 bits per heavy atom. The van der Waals surface area contributed by atoms with E-state index in [0.717, 1.165) is 25.9 Å². The Morgan fingerprint density at radius 3 is 2.42 bits per heavy atom. The summed E-state index contributed by atoms with van der Waals surface area (Å²) in [5.41, 5.74) is -0.209. The molecule has 0 radical (unpaired) electrons. The first-order valence-corrected chi connectivity index (χ1v) is 10.6. The Hall–Kier alpha value is -0.700. The number of rotatable bonds is 2. The smallest absolute Gasteiger partial charge is 0.225 e. The standard InChI is InChI=1S/C16H29N3O4S/c1-16(2)12-18(24(3,21)22)11-14-10-17(6-7-19(14)16)15(20)13-4-8-23-9-5-13/h13-14H,4-12H2,1-3H3. The fourth-order valence-electron chi connectivity index (χ4n) is 4.29. The van der Waals surface area contributed by atoms with Gasteiger partial charge in [-0.2, -0.15) is 4.31 Å². The number of amides is 1. The molecule has 3 aliphatic rings. The van der Waals surface area contributed by atoms with Crippen LogP contribution in [0, 0.1) is 5.92 Å². The van der Waals surface area contributed by atoms with E-state index in [1.54, 1.807) is 4.31 Å². The molecule has 1 unspecified atom stereocenters. The van der Waals surface area contributed by atoms with Crippen LogP contribution in [0.5, 0.6) is 0 Å². The molecule has 0 spiro atoms. The van der Waals surface area contributed by atoms with Gasteiger partial charge in [-0.25, -0.2) is 8.42 Å². The fraction of sp³-hybridized carbons (Fsp3) is 0.938. The molecular weight excluding hydrogens is 330 g/mol. The second-order valence-electron chi connectivity index (χ2n) is 7.89. The van der Waals surface area contributed by atoms with Crippen molar-refractivity contribution in [2.45, 2.75) is 38.3 Å². The number of carbonyl (C=O) groups is 1. The Balaban J connectivity index is 1.71. The van der Waals surface area contributed by atoms with Crippen molar-refractivity contribution in [1.82, 2.24) is 14.1 Å². The molecule has 1 amide bonds. The van der Waals surface area contributed by atoms with Gasteiger partial charge >= 0.3 is 0 Å². The molecule has 0 aliphatic carbocycles. The lowest BCUT2D eigenvalue weighted by Gasteiger charge is -2.55. The predicted octanol–water partition coefficient (Wildman–Crippen LogP) is -0.0204. The first-order chi connectivity index (χ1) is 11.2. The fourth-order valence-corrected chi connectivity index (χ4v) is 5.28. The van der Waals surface area contributed by atoms with Crippen molar-refractivity contribution >= 4 is 15.9 Å². The third-order valence-electron chi connectivity index (χ3n) is 5.59. The highest BCUT2D eigenvalue weighted by Crippen LogP contribution is 2.30. The Morgan fingerprint density at radius 2 is 1.79 bits per heavy atom. The minimum atomic E-state index is -3.22. The maximum Gasteiger partial charge on any atom is 0.225 e. The van der Waals surface area contributed by atoms with Crippen LogP contribution < -0.4 is 0 Å². The van der Waals surface area contributed by atoms with Gasteiger partial charge in [0.1, 0.15) is 0 Å². The van der Waals surface area contributed by atoms with Crippen LogP contribution in [0.25, 0.3) is 0 Å². The summed E-state index contributed by atoms with van der Waals surface area (Å²) in [6, 6.07) is 0.0704. The van der Waals surface area contributed by atoms with E-state index in [0.29, 0.717) is 32.8 Å². The van der Waals surface area contributed by atoms with E-state index in [1.165, 1.54) is 6.26 Å². The molecule has 3 rings (SSSR count). The molecule has 0 saturated carbocycles. The number of piperazine rings is 2. The SMILES string of the molecule is CC1(C)CN(S(C)(=O)=O)CC2CN(C(=O)C3CCOCC3)CCN21. The van der Waals surface area contributed by atoms with E-state index >= 15 is 0 Å². The summed E-state index contributed by atoms with van der Waals surface area (Å²) in [5, 5.41) is 0. The maximum absolute atomic E-state index is 12.8. The predicted molar refractivity (Wildman–Crippen MR) is 91.1 cm³/mol. The Bertz CT molecular complexity index is 586. The van der Waals surface area contributed by atoms with Crippen LogP contribution in [0.15, 0.2) is 0 Å². The van der Waals surface area contributed by atoms with Crippen LogP contribution in [0.3, 0.4) is 0 Å². The van der Waals surface area contributed by atoms with Gasteiger partial charge in [-0.1, -0.05) is 0 Å². The summed E-state index contributed by atoms with van der Waals surface area (Å²) in [5.74, 6) is 0.278. The van der Waals surface area contributed by atoms with Gasteiger partial charge in [0.05, 0.1) is 6.26 Å². The zero-order valence-electron chi connectivity index (χ0n) is 14.9. The van der Waals surface area contributed by atoms with Crippen molar-refractivity contribution in [1.29, 1.82) is 0 Å². The molecule has 0 bridgehead atoms. The van der Waals surface area contributed by atoms with E-state index in [1.807, 2.05) is 4.90 Å². The molecule has 0 aromatic heterocycles. The highest BCUT2D eigenvalue weighted by atomic mass is 32.2. The average Bonchev–Trinajstić information content (AvgIpc) is 2.53. The maximum atomic E-state index is 12.8. The van der Waals surface area contributed by atoms with Crippen molar-refractivity contribution < 1.29 is 17.9 Å². The van der Waals surface area contributed by atoms with Gasteiger partial charge in [0.25, 0.3) is 0 Å². The van der Waals surface area contributed by atoms with Crippen LogP contribution in [-0.2, 0) is 19.6 Å². The molecule has 8 heteroatoms. The van der Waals surface area contributed by atoms with E-state index in [-0.39, 0.29) is 23.4 Å². The van der Waals surface area contributed by atoms with Crippen LogP contribution in [0.4, 0.5) is 0 Å². The highest BCUT2D eigenvalue weighted by molar-refractivity contribution is 7.88. The van der Waals surface area contributed by atoms with Crippen LogP contribution >= 0.6 is 0 Å². The number of sulfonamides is 1. The van der Waals surface area contributed by atoms with Gasteiger partial charge < -0.3 is 9.64 Å². The number of fused-ring (bicyclic) bond motifs is 1. The molecule has 3 aliphatic heterocycles. The Labute approximate surface area is 145 Å². The molecule has 0 aromatic rings. The topological polar surface area (TPSA) is 70.2 Å². The van der Waals surface area contributed by atoms with E-state index < -0.39 is 10.0 Å². The van der Waals surface area contributed by atoms with Crippen LogP contribution in [0.1, 0.15) is 26.7 Å². The highest BCUT2D eigenvalue weighted by Gasteiger charge is 2.45. The van der Waals surface area contributed by atoms with Gasteiger partial charge in [0, 0.05) is 63.4 Å². The average molecular weight is 359 g/mol. The van der Waals surface area contributed by atoms with Gasteiger partial charge in [0.2, 0.25) is 15.9 Å². The Kier molecular flexibility index (Phi) is 4.94. The quantitative estimate of drug-likeness (QED) is 0.693. The first-order valence-electron chi connectivity index (χ1n) is 8.77. The van der Waals surface area contributed by atoms with E-state index in [2.05, 4.69) is 18.7 Å². The summed E-state index contributed by atoms with van der Waals surface area (Å²) in [6.07, 6.45) is 2.86. The van der Waals surface area contributed by atoms with E-state index in [4.69, 9.17) is 4.74 Å². The van der Waals surface area contributed by atoms with Crippen molar-refractivity contribution in [3.63, 3.8) is 0 Å². The van der Waals surface area contributed by atoms with Gasteiger partial charge in [-0.05, 0) is 26.7 Å². The number of ether oxygens (including phenoxy) is 1. The number of nitrogens with zero attached hydrogens (tertiary/aromatic N) is 3. The molecule has 0 aromatic carbocycles. The van der Waals surface area contributed by atoms with Gasteiger partial charge in [0.15, 0.2) is 0 Å². The number of hydrogen-bond donors (Lipinski definition) is 0. The molecule has 138 valence electrons. The monoisotopic (exact) mass is 359 g/mol. The number of carbonyl (C=O) groups excluding carboxylic acids is 1. The normalized spacial score (nSPS) is 30.1. The summed E-state index contributed by atoms with van der Waals surface area (Å²) < 4.78 is 31.0. The van der Waals surface area contributed by atoms with Crippen molar-refractivity contribution in [2.75, 3.05) is 52.2 Å². The van der Waals surface area contributed by atoms with Crippen molar-refractivity contribution in [2.24, 2.45) is 5.92 Å².